The van der Waals surface area contributed by atoms with E-state index in [-0.39, 0.29) is 18.4 Å². The molecule has 0 heterocycles. The first-order valence-corrected chi connectivity index (χ1v) is 5.36. The quantitative estimate of drug-likeness (QED) is 0.455. The summed E-state index contributed by atoms with van der Waals surface area (Å²) >= 11 is 0. The van der Waals surface area contributed by atoms with Crippen LogP contribution in [0.25, 0.3) is 0 Å². The molecular weight excluding hydrogens is 196 g/mol. The summed E-state index contributed by atoms with van der Waals surface area (Å²) in [6, 6.07) is 0. The summed E-state index contributed by atoms with van der Waals surface area (Å²) in [4.78, 5) is 11.3. The molecule has 0 radical (unpaired) electrons. The van der Waals surface area contributed by atoms with Crippen LogP contribution in [0.4, 0.5) is 0 Å². The minimum absolute atomic E-state index is 0.0371. The van der Waals surface area contributed by atoms with Crippen LogP contribution in [-0.2, 0) is 9.53 Å². The number of rotatable bonds is 9. The van der Waals surface area contributed by atoms with Gasteiger partial charge < -0.3 is 20.9 Å². The molecule has 90 valence electrons. The van der Waals surface area contributed by atoms with Crippen molar-refractivity contribution in [2.24, 2.45) is 11.7 Å². The predicted molar refractivity (Wildman–Crippen MR) is 58.4 cm³/mol. The first-order valence-electron chi connectivity index (χ1n) is 5.36. The first kappa shape index (κ1) is 14.3. The van der Waals surface area contributed by atoms with Crippen molar-refractivity contribution in [2.75, 3.05) is 32.9 Å². The maximum absolute atomic E-state index is 11.3. The van der Waals surface area contributed by atoms with Gasteiger partial charge in [-0.25, -0.2) is 0 Å². The molecule has 0 fully saturated rings. The monoisotopic (exact) mass is 218 g/mol. The van der Waals surface area contributed by atoms with E-state index in [2.05, 4.69) is 5.32 Å². The first-order chi connectivity index (χ1) is 7.20. The molecule has 0 aromatic carbocycles. The summed E-state index contributed by atoms with van der Waals surface area (Å²) in [5.74, 6) is 0.269. The Hall–Kier alpha value is -0.650. The molecule has 0 saturated carbocycles. The van der Waals surface area contributed by atoms with Gasteiger partial charge in [-0.1, -0.05) is 6.92 Å². The van der Waals surface area contributed by atoms with Crippen molar-refractivity contribution in [1.82, 2.24) is 5.32 Å². The van der Waals surface area contributed by atoms with Crippen LogP contribution in [-0.4, -0.2) is 43.9 Å². The van der Waals surface area contributed by atoms with Crippen LogP contribution in [0.3, 0.4) is 0 Å². The molecule has 4 N–H and O–H groups in total. The molecule has 0 rings (SSSR count). The molecule has 1 atom stereocenters. The van der Waals surface area contributed by atoms with E-state index in [0.29, 0.717) is 32.7 Å². The van der Waals surface area contributed by atoms with Gasteiger partial charge in [-0.3, -0.25) is 4.79 Å². The Morgan fingerprint density at radius 2 is 2.27 bits per heavy atom. The van der Waals surface area contributed by atoms with Crippen molar-refractivity contribution in [2.45, 2.75) is 19.8 Å². The number of aliphatic hydroxyl groups excluding tert-OH is 1. The van der Waals surface area contributed by atoms with Crippen molar-refractivity contribution in [3.63, 3.8) is 0 Å². The summed E-state index contributed by atoms with van der Waals surface area (Å²) in [5.41, 5.74) is 5.41. The van der Waals surface area contributed by atoms with Crippen molar-refractivity contribution in [3.05, 3.63) is 0 Å². The van der Waals surface area contributed by atoms with Crippen LogP contribution < -0.4 is 11.1 Å². The molecule has 0 spiro atoms. The number of carbonyl (C=O) groups excluding carboxylic acids is 1. The number of nitrogens with one attached hydrogen (secondary N) is 1. The number of aliphatic hydroxyl groups is 1. The average molecular weight is 218 g/mol. The lowest BCUT2D eigenvalue weighted by molar-refractivity contribution is -0.121. The fourth-order valence-corrected chi connectivity index (χ4v) is 1.04. The Labute approximate surface area is 91.0 Å². The minimum Gasteiger partial charge on any atom is -0.394 e. The van der Waals surface area contributed by atoms with E-state index < -0.39 is 0 Å². The Morgan fingerprint density at radius 1 is 1.53 bits per heavy atom. The van der Waals surface area contributed by atoms with Crippen molar-refractivity contribution < 1.29 is 14.6 Å². The molecule has 5 heteroatoms. The highest BCUT2D eigenvalue weighted by Crippen LogP contribution is 1.97. The molecule has 1 amide bonds. The molecule has 0 aromatic rings. The molecule has 0 saturated heterocycles. The highest BCUT2D eigenvalue weighted by molar-refractivity contribution is 5.76. The predicted octanol–water partition coefficient (Wildman–Crippen LogP) is -0.513. The second-order valence-corrected chi connectivity index (χ2v) is 3.58. The summed E-state index contributed by atoms with van der Waals surface area (Å²) in [5, 5.41) is 11.2. The maximum Gasteiger partial charge on any atom is 0.220 e. The van der Waals surface area contributed by atoms with Crippen LogP contribution in [0.1, 0.15) is 19.8 Å². The van der Waals surface area contributed by atoms with E-state index in [1.807, 2.05) is 6.92 Å². The third kappa shape index (κ3) is 9.65. The van der Waals surface area contributed by atoms with E-state index in [9.17, 15) is 4.79 Å². The SMILES string of the molecule is CC(CN)CC(=O)NCCCOCCO. The molecule has 15 heavy (non-hydrogen) atoms. The van der Waals surface area contributed by atoms with Gasteiger partial charge in [-0.15, -0.1) is 0 Å². The van der Waals surface area contributed by atoms with Gasteiger partial charge in [0.1, 0.15) is 0 Å². The van der Waals surface area contributed by atoms with Crippen LogP contribution in [0, 0.1) is 5.92 Å². The molecule has 0 aromatic heterocycles. The van der Waals surface area contributed by atoms with E-state index in [1.165, 1.54) is 0 Å². The Kier molecular flexibility index (Phi) is 9.46. The lowest BCUT2D eigenvalue weighted by atomic mass is 10.1. The number of carbonyl (C=O) groups is 1. The zero-order chi connectivity index (χ0) is 11.5. The highest BCUT2D eigenvalue weighted by Gasteiger charge is 2.05. The number of ether oxygens (including phenoxy) is 1. The molecular formula is C10H22N2O3. The van der Waals surface area contributed by atoms with E-state index in [4.69, 9.17) is 15.6 Å². The molecule has 0 bridgehead atoms. The number of hydrogen-bond donors (Lipinski definition) is 3. The van der Waals surface area contributed by atoms with Gasteiger partial charge in [-0.2, -0.15) is 0 Å². The van der Waals surface area contributed by atoms with Crippen molar-refractivity contribution in [3.8, 4) is 0 Å². The Bertz CT molecular complexity index is 165. The van der Waals surface area contributed by atoms with Crippen LogP contribution in [0.5, 0.6) is 0 Å². The highest BCUT2D eigenvalue weighted by atomic mass is 16.5. The Morgan fingerprint density at radius 3 is 2.87 bits per heavy atom. The third-order valence-electron chi connectivity index (χ3n) is 1.96. The van der Waals surface area contributed by atoms with E-state index in [0.717, 1.165) is 6.42 Å². The smallest absolute Gasteiger partial charge is 0.220 e. The van der Waals surface area contributed by atoms with Gasteiger partial charge in [0.15, 0.2) is 0 Å². The van der Waals surface area contributed by atoms with Crippen LogP contribution in [0.2, 0.25) is 0 Å². The zero-order valence-electron chi connectivity index (χ0n) is 9.37. The van der Waals surface area contributed by atoms with E-state index in [1.54, 1.807) is 0 Å². The third-order valence-corrected chi connectivity index (χ3v) is 1.96. The lowest BCUT2D eigenvalue weighted by Crippen LogP contribution is -2.28. The summed E-state index contributed by atoms with van der Waals surface area (Å²) in [6.07, 6.45) is 1.25. The van der Waals surface area contributed by atoms with Gasteiger partial charge in [0.2, 0.25) is 5.91 Å². The molecule has 5 nitrogen and oxygen atoms in total. The number of amides is 1. The van der Waals surface area contributed by atoms with Crippen molar-refractivity contribution >= 4 is 5.91 Å². The summed E-state index contributed by atoms with van der Waals surface area (Å²) in [6.45, 7) is 4.06. The summed E-state index contributed by atoms with van der Waals surface area (Å²) < 4.78 is 5.05. The standard InChI is InChI=1S/C10H22N2O3/c1-9(8-11)7-10(14)12-3-2-5-15-6-4-13/h9,13H,2-8,11H2,1H3,(H,12,14). The number of nitrogens with two attached hydrogens (primary N) is 1. The van der Waals surface area contributed by atoms with Gasteiger partial charge in [-0.05, 0) is 18.9 Å². The fraction of sp³-hybridized carbons (Fsp3) is 0.900. The van der Waals surface area contributed by atoms with Gasteiger partial charge in [0, 0.05) is 19.6 Å². The topological polar surface area (TPSA) is 84.6 Å². The van der Waals surface area contributed by atoms with Gasteiger partial charge in [0.05, 0.1) is 13.2 Å². The van der Waals surface area contributed by atoms with Crippen LogP contribution >= 0.6 is 0 Å². The average Bonchev–Trinajstić information content (AvgIpc) is 2.23. The molecule has 0 aliphatic rings. The van der Waals surface area contributed by atoms with Gasteiger partial charge >= 0.3 is 0 Å². The maximum atomic E-state index is 11.3. The number of hydrogen-bond acceptors (Lipinski definition) is 4. The summed E-state index contributed by atoms with van der Waals surface area (Å²) in [7, 11) is 0. The minimum atomic E-state index is 0.0371. The van der Waals surface area contributed by atoms with E-state index >= 15 is 0 Å². The molecule has 1 unspecified atom stereocenters. The Balaban J connectivity index is 3.24. The van der Waals surface area contributed by atoms with Crippen molar-refractivity contribution in [1.29, 1.82) is 0 Å². The zero-order valence-corrected chi connectivity index (χ0v) is 9.37. The lowest BCUT2D eigenvalue weighted by Gasteiger charge is -2.09. The molecule has 0 aliphatic carbocycles. The van der Waals surface area contributed by atoms with Gasteiger partial charge in [0.25, 0.3) is 0 Å². The second kappa shape index (κ2) is 9.89. The second-order valence-electron chi connectivity index (χ2n) is 3.58. The largest absolute Gasteiger partial charge is 0.394 e. The normalized spacial score (nSPS) is 12.5. The van der Waals surface area contributed by atoms with Crippen LogP contribution in [0.15, 0.2) is 0 Å². The molecule has 0 aliphatic heterocycles. The fourth-order valence-electron chi connectivity index (χ4n) is 1.04.